The number of nitrogens with zero attached hydrogens (tertiary/aromatic N) is 4. The molecule has 4 rings (SSSR count). The number of imidazole rings is 1. The summed E-state index contributed by atoms with van der Waals surface area (Å²) in [7, 11) is 1.65. The molecule has 0 aliphatic carbocycles. The van der Waals surface area contributed by atoms with Gasteiger partial charge in [0.25, 0.3) is 0 Å². The second-order valence-corrected chi connectivity index (χ2v) is 9.07. The SMILES string of the molecule is COCCn1c(SCC(=O)Nc2c(C#N)c(C)c(C)n2Cc2ccc(F)cc2)nc2ccccc21. The molecule has 0 fully saturated rings. The average molecular weight is 492 g/mol. The fourth-order valence-electron chi connectivity index (χ4n) is 3.96. The lowest BCUT2D eigenvalue weighted by Gasteiger charge is -2.13. The third kappa shape index (κ3) is 5.24. The number of ether oxygens (including phenoxy) is 1. The van der Waals surface area contributed by atoms with Crippen molar-refractivity contribution in [2.24, 2.45) is 0 Å². The van der Waals surface area contributed by atoms with Gasteiger partial charge in [-0.05, 0) is 49.2 Å². The lowest BCUT2D eigenvalue weighted by molar-refractivity contribution is -0.113. The van der Waals surface area contributed by atoms with Crippen molar-refractivity contribution < 1.29 is 13.9 Å². The summed E-state index contributed by atoms with van der Waals surface area (Å²) in [6.07, 6.45) is 0. The zero-order valence-corrected chi connectivity index (χ0v) is 20.7. The topological polar surface area (TPSA) is 84.9 Å². The highest BCUT2D eigenvalue weighted by Crippen LogP contribution is 2.29. The van der Waals surface area contributed by atoms with E-state index in [0.717, 1.165) is 33.0 Å². The molecule has 0 bridgehead atoms. The van der Waals surface area contributed by atoms with Crippen molar-refractivity contribution in [3.63, 3.8) is 0 Å². The first kappa shape index (κ1) is 24.5. The summed E-state index contributed by atoms with van der Waals surface area (Å²) in [5.41, 5.74) is 4.81. The smallest absolute Gasteiger partial charge is 0.235 e. The Kier molecular flexibility index (Phi) is 7.54. The summed E-state index contributed by atoms with van der Waals surface area (Å²) in [5, 5.41) is 13.4. The molecule has 0 aliphatic rings. The second-order valence-electron chi connectivity index (χ2n) is 8.12. The van der Waals surface area contributed by atoms with Gasteiger partial charge in [-0.3, -0.25) is 4.79 Å². The Morgan fingerprint density at radius 1 is 1.17 bits per heavy atom. The summed E-state index contributed by atoms with van der Waals surface area (Å²) in [6, 6.07) is 16.2. The van der Waals surface area contributed by atoms with Crippen molar-refractivity contribution in [3.05, 3.63) is 76.7 Å². The summed E-state index contributed by atoms with van der Waals surface area (Å²) in [4.78, 5) is 17.7. The molecule has 1 N–H and O–H groups in total. The van der Waals surface area contributed by atoms with Crippen LogP contribution in [-0.2, 0) is 22.6 Å². The number of methoxy groups -OCH3 is 1. The number of carbonyl (C=O) groups is 1. The first-order valence-corrected chi connectivity index (χ1v) is 12.1. The van der Waals surface area contributed by atoms with E-state index >= 15 is 0 Å². The third-order valence-electron chi connectivity index (χ3n) is 5.92. The lowest BCUT2D eigenvalue weighted by Crippen LogP contribution is -2.19. The summed E-state index contributed by atoms with van der Waals surface area (Å²) in [5.74, 6) is 0.0232. The van der Waals surface area contributed by atoms with Gasteiger partial charge in [0.2, 0.25) is 5.91 Å². The van der Waals surface area contributed by atoms with Crippen LogP contribution in [-0.4, -0.2) is 39.5 Å². The number of nitrogens with one attached hydrogen (secondary N) is 1. The largest absolute Gasteiger partial charge is 0.383 e. The van der Waals surface area contributed by atoms with Gasteiger partial charge in [0.05, 0.1) is 29.0 Å². The minimum absolute atomic E-state index is 0.126. The molecule has 0 aliphatic heterocycles. The predicted molar refractivity (Wildman–Crippen MR) is 135 cm³/mol. The maximum absolute atomic E-state index is 13.3. The number of rotatable bonds is 9. The molecule has 0 radical (unpaired) electrons. The Hall–Kier alpha value is -3.61. The van der Waals surface area contributed by atoms with Crippen LogP contribution in [0, 0.1) is 31.0 Å². The first-order chi connectivity index (χ1) is 16.9. The number of halogens is 1. The van der Waals surface area contributed by atoms with E-state index in [1.165, 1.54) is 23.9 Å². The van der Waals surface area contributed by atoms with E-state index in [9.17, 15) is 14.4 Å². The Morgan fingerprint density at radius 3 is 2.63 bits per heavy atom. The molecule has 7 nitrogen and oxygen atoms in total. The summed E-state index contributed by atoms with van der Waals surface area (Å²) < 4.78 is 22.5. The summed E-state index contributed by atoms with van der Waals surface area (Å²) >= 11 is 1.34. The van der Waals surface area contributed by atoms with E-state index in [2.05, 4.69) is 16.4 Å². The van der Waals surface area contributed by atoms with E-state index in [4.69, 9.17) is 4.74 Å². The molecule has 35 heavy (non-hydrogen) atoms. The minimum atomic E-state index is -0.311. The van der Waals surface area contributed by atoms with Gasteiger partial charge in [-0.1, -0.05) is 36.0 Å². The first-order valence-electron chi connectivity index (χ1n) is 11.1. The van der Waals surface area contributed by atoms with Gasteiger partial charge in [0.15, 0.2) is 5.16 Å². The number of anilines is 1. The number of nitriles is 1. The molecule has 0 atom stereocenters. The number of thioether (sulfide) groups is 1. The van der Waals surface area contributed by atoms with E-state index in [-0.39, 0.29) is 17.5 Å². The second kappa shape index (κ2) is 10.8. The van der Waals surface area contributed by atoms with Gasteiger partial charge in [-0.2, -0.15) is 5.26 Å². The number of aromatic nitrogens is 3. The molecule has 9 heteroatoms. The van der Waals surface area contributed by atoms with Crippen molar-refractivity contribution in [1.82, 2.24) is 14.1 Å². The standard InChI is InChI=1S/C26H26FN5O2S/c1-17-18(2)32(15-19-8-10-20(27)11-9-19)25(21(17)14-28)30-24(33)16-35-26-29-22-6-4-5-7-23(22)31(26)12-13-34-3/h4-11H,12-13,15-16H2,1-3H3,(H,30,33). The van der Waals surface area contributed by atoms with Gasteiger partial charge in [-0.15, -0.1) is 0 Å². The zero-order chi connectivity index (χ0) is 24.9. The van der Waals surface area contributed by atoms with E-state index in [1.54, 1.807) is 19.2 Å². The molecule has 1 amide bonds. The minimum Gasteiger partial charge on any atom is -0.383 e. The highest BCUT2D eigenvalue weighted by molar-refractivity contribution is 7.99. The molecule has 0 spiro atoms. The van der Waals surface area contributed by atoms with Crippen LogP contribution < -0.4 is 5.32 Å². The number of hydrogen-bond acceptors (Lipinski definition) is 5. The van der Waals surface area contributed by atoms with Crippen LogP contribution in [0.4, 0.5) is 10.2 Å². The molecule has 2 aromatic carbocycles. The average Bonchev–Trinajstić information content (AvgIpc) is 3.32. The van der Waals surface area contributed by atoms with Crippen molar-refractivity contribution in [1.29, 1.82) is 5.26 Å². The number of hydrogen-bond donors (Lipinski definition) is 1. The van der Waals surface area contributed by atoms with Crippen LogP contribution in [0.15, 0.2) is 53.7 Å². The van der Waals surface area contributed by atoms with Gasteiger partial charge in [0, 0.05) is 25.9 Å². The quantitative estimate of drug-likeness (QED) is 0.337. The lowest BCUT2D eigenvalue weighted by atomic mass is 10.2. The number of fused-ring (bicyclic) bond motifs is 1. The molecular weight excluding hydrogens is 465 g/mol. The normalized spacial score (nSPS) is 11.1. The van der Waals surface area contributed by atoms with Crippen molar-refractivity contribution in [3.8, 4) is 6.07 Å². The fourth-order valence-corrected chi connectivity index (χ4v) is 4.80. The van der Waals surface area contributed by atoms with Crippen molar-refractivity contribution >= 4 is 34.5 Å². The Labute approximate surface area is 207 Å². The number of para-hydroxylation sites is 2. The van der Waals surface area contributed by atoms with Gasteiger partial charge >= 0.3 is 0 Å². The van der Waals surface area contributed by atoms with Crippen LogP contribution in [0.2, 0.25) is 0 Å². The maximum Gasteiger partial charge on any atom is 0.235 e. The van der Waals surface area contributed by atoms with Gasteiger partial charge in [0.1, 0.15) is 17.7 Å². The van der Waals surface area contributed by atoms with Crippen LogP contribution >= 0.6 is 11.8 Å². The number of benzene rings is 2. The van der Waals surface area contributed by atoms with Crippen LogP contribution in [0.3, 0.4) is 0 Å². The highest BCUT2D eigenvalue weighted by Gasteiger charge is 2.21. The molecular formula is C26H26FN5O2S. The third-order valence-corrected chi connectivity index (χ3v) is 6.90. The number of carbonyl (C=O) groups excluding carboxylic acids is 1. The van der Waals surface area contributed by atoms with Crippen molar-refractivity contribution in [2.75, 3.05) is 24.8 Å². The van der Waals surface area contributed by atoms with Crippen LogP contribution in [0.1, 0.15) is 22.4 Å². The molecule has 0 saturated heterocycles. The maximum atomic E-state index is 13.3. The molecule has 4 aromatic rings. The molecule has 0 unspecified atom stereocenters. The molecule has 2 aromatic heterocycles. The van der Waals surface area contributed by atoms with E-state index < -0.39 is 0 Å². The highest BCUT2D eigenvalue weighted by atomic mass is 32.2. The van der Waals surface area contributed by atoms with Gasteiger partial charge in [-0.25, -0.2) is 9.37 Å². The summed E-state index contributed by atoms with van der Waals surface area (Å²) in [6.45, 7) is 5.32. The zero-order valence-electron chi connectivity index (χ0n) is 19.8. The molecule has 180 valence electrons. The monoisotopic (exact) mass is 491 g/mol. The Bertz CT molecular complexity index is 1400. The van der Waals surface area contributed by atoms with Crippen molar-refractivity contribution in [2.45, 2.75) is 32.1 Å². The molecule has 0 saturated carbocycles. The van der Waals surface area contributed by atoms with E-state index in [0.29, 0.717) is 31.1 Å². The fraction of sp³-hybridized carbons (Fsp3) is 0.269. The van der Waals surface area contributed by atoms with E-state index in [1.807, 2.05) is 47.2 Å². The van der Waals surface area contributed by atoms with Gasteiger partial charge < -0.3 is 19.2 Å². The Morgan fingerprint density at radius 2 is 1.91 bits per heavy atom. The molecule has 2 heterocycles. The van der Waals surface area contributed by atoms with Crippen LogP contribution in [0.25, 0.3) is 11.0 Å². The Balaban J connectivity index is 1.55. The number of amides is 1. The predicted octanol–water partition coefficient (Wildman–Crippen LogP) is 4.89. The van der Waals surface area contributed by atoms with Crippen LogP contribution in [0.5, 0.6) is 0 Å².